The second-order valence-electron chi connectivity index (χ2n) is 3.92. The van der Waals surface area contributed by atoms with Crippen molar-refractivity contribution >= 4 is 23.4 Å². The van der Waals surface area contributed by atoms with Crippen LogP contribution in [-0.2, 0) is 4.79 Å². The van der Waals surface area contributed by atoms with Crippen molar-refractivity contribution in [1.82, 2.24) is 15.0 Å². The van der Waals surface area contributed by atoms with Crippen molar-refractivity contribution in [3.05, 3.63) is 30.7 Å². The Hall–Kier alpha value is -2.57. The maximum atomic E-state index is 10.4. The molecule has 0 radical (unpaired) electrons. The molecule has 2 heterocycles. The van der Waals surface area contributed by atoms with Crippen LogP contribution >= 0.6 is 0 Å². The molecule has 2 aromatic heterocycles. The van der Waals surface area contributed by atoms with Gasteiger partial charge in [-0.3, -0.25) is 4.79 Å². The topological polar surface area (TPSA) is 103 Å². The molecule has 0 saturated carbocycles. The average molecular weight is 261 g/mol. The van der Waals surface area contributed by atoms with Crippen molar-refractivity contribution in [2.45, 2.75) is 12.8 Å². The Morgan fingerprint density at radius 2 is 2.21 bits per heavy atom. The molecule has 0 aliphatic rings. The summed E-state index contributed by atoms with van der Waals surface area (Å²) in [6.45, 7) is 0.561. The van der Waals surface area contributed by atoms with E-state index in [4.69, 9.17) is 5.11 Å². The number of carbonyl (C=O) groups is 1. The minimum absolute atomic E-state index is 0.145. The van der Waals surface area contributed by atoms with Crippen LogP contribution < -0.4 is 10.6 Å². The Kier molecular flexibility index (Phi) is 4.33. The van der Waals surface area contributed by atoms with Crippen LogP contribution in [0.2, 0.25) is 0 Å². The first-order valence-corrected chi connectivity index (χ1v) is 5.92. The molecule has 4 N–H and O–H groups in total. The van der Waals surface area contributed by atoms with E-state index in [1.165, 1.54) is 6.33 Å². The predicted molar refractivity (Wildman–Crippen MR) is 71.5 cm³/mol. The van der Waals surface area contributed by atoms with Gasteiger partial charge >= 0.3 is 5.97 Å². The third-order valence-electron chi connectivity index (χ3n) is 2.40. The van der Waals surface area contributed by atoms with E-state index in [1.807, 2.05) is 18.3 Å². The minimum Gasteiger partial charge on any atom is -0.481 e. The summed E-state index contributed by atoms with van der Waals surface area (Å²) in [5, 5.41) is 14.7. The Morgan fingerprint density at radius 3 is 2.95 bits per heavy atom. The van der Waals surface area contributed by atoms with Gasteiger partial charge in [0.05, 0.1) is 0 Å². The molecule has 0 unspecified atom stereocenters. The smallest absolute Gasteiger partial charge is 0.303 e. The van der Waals surface area contributed by atoms with Crippen molar-refractivity contribution in [2.75, 3.05) is 17.2 Å². The summed E-state index contributed by atoms with van der Waals surface area (Å²) in [7, 11) is 0. The fourth-order valence-corrected chi connectivity index (χ4v) is 1.52. The molecule has 0 saturated heterocycles. The number of aromatic amines is 1. The zero-order valence-corrected chi connectivity index (χ0v) is 10.3. The minimum atomic E-state index is -0.793. The Morgan fingerprint density at radius 1 is 1.37 bits per heavy atom. The number of carboxylic acid groups (broad SMARTS) is 1. The maximum absolute atomic E-state index is 10.4. The lowest BCUT2D eigenvalue weighted by molar-refractivity contribution is -0.137. The first-order chi connectivity index (χ1) is 9.24. The van der Waals surface area contributed by atoms with E-state index in [0.29, 0.717) is 24.6 Å². The van der Waals surface area contributed by atoms with Gasteiger partial charge in [-0.15, -0.1) is 0 Å². The lowest BCUT2D eigenvalue weighted by Gasteiger charge is -2.07. The molecule has 0 aromatic carbocycles. The summed E-state index contributed by atoms with van der Waals surface area (Å²) in [6.07, 6.45) is 3.96. The molecule has 2 aromatic rings. The summed E-state index contributed by atoms with van der Waals surface area (Å²) >= 11 is 0. The molecule has 7 heteroatoms. The molecular weight excluding hydrogens is 246 g/mol. The summed E-state index contributed by atoms with van der Waals surface area (Å²) in [4.78, 5) is 21.5. The molecule has 7 nitrogen and oxygen atoms in total. The van der Waals surface area contributed by atoms with Crippen molar-refractivity contribution in [3.63, 3.8) is 0 Å². The van der Waals surface area contributed by atoms with Crippen molar-refractivity contribution in [1.29, 1.82) is 0 Å². The number of aromatic nitrogens is 3. The van der Waals surface area contributed by atoms with Crippen LogP contribution in [0, 0.1) is 0 Å². The molecule has 0 spiro atoms. The van der Waals surface area contributed by atoms with Gasteiger partial charge in [-0.1, -0.05) is 0 Å². The van der Waals surface area contributed by atoms with Crippen LogP contribution in [0.25, 0.3) is 0 Å². The quantitative estimate of drug-likeness (QED) is 0.567. The molecule has 0 aliphatic heterocycles. The highest BCUT2D eigenvalue weighted by Crippen LogP contribution is 2.14. The number of nitrogens with one attached hydrogen (secondary N) is 3. The zero-order chi connectivity index (χ0) is 13.5. The van der Waals surface area contributed by atoms with E-state index in [2.05, 4.69) is 25.6 Å². The largest absolute Gasteiger partial charge is 0.481 e. The fourth-order valence-electron chi connectivity index (χ4n) is 1.52. The second-order valence-corrected chi connectivity index (χ2v) is 3.92. The normalized spacial score (nSPS) is 10.1. The van der Waals surface area contributed by atoms with E-state index >= 15 is 0 Å². The van der Waals surface area contributed by atoms with Crippen LogP contribution in [0.4, 0.5) is 17.5 Å². The number of nitrogens with zero attached hydrogens (tertiary/aromatic N) is 2. The van der Waals surface area contributed by atoms with Crippen LogP contribution in [0.1, 0.15) is 12.8 Å². The van der Waals surface area contributed by atoms with Crippen LogP contribution in [-0.4, -0.2) is 32.6 Å². The van der Waals surface area contributed by atoms with E-state index in [-0.39, 0.29) is 6.42 Å². The van der Waals surface area contributed by atoms with E-state index in [9.17, 15) is 4.79 Å². The van der Waals surface area contributed by atoms with Gasteiger partial charge in [0.1, 0.15) is 23.8 Å². The van der Waals surface area contributed by atoms with Crippen molar-refractivity contribution < 1.29 is 9.90 Å². The first-order valence-electron chi connectivity index (χ1n) is 5.92. The highest BCUT2D eigenvalue weighted by Gasteiger charge is 2.00. The molecular formula is C12H15N5O2. The SMILES string of the molecule is O=C(O)CCCNc1cc(Nc2ccc[nH]2)ncn1. The van der Waals surface area contributed by atoms with E-state index < -0.39 is 5.97 Å². The van der Waals surface area contributed by atoms with E-state index in [0.717, 1.165) is 5.82 Å². The number of H-pyrrole nitrogens is 1. The van der Waals surface area contributed by atoms with Crippen LogP contribution in [0.15, 0.2) is 30.7 Å². The molecule has 0 atom stereocenters. The van der Waals surface area contributed by atoms with Gasteiger partial charge in [0.2, 0.25) is 0 Å². The van der Waals surface area contributed by atoms with Crippen LogP contribution in [0.3, 0.4) is 0 Å². The number of anilines is 3. The Balaban J connectivity index is 1.86. The van der Waals surface area contributed by atoms with E-state index in [1.54, 1.807) is 6.07 Å². The number of rotatable bonds is 7. The lowest BCUT2D eigenvalue weighted by Crippen LogP contribution is -2.06. The highest BCUT2D eigenvalue weighted by atomic mass is 16.4. The molecule has 100 valence electrons. The lowest BCUT2D eigenvalue weighted by atomic mass is 10.3. The first kappa shape index (κ1) is 12.9. The number of carboxylic acids is 1. The molecule has 0 aliphatic carbocycles. The van der Waals surface area contributed by atoms with Gasteiger partial charge in [0.25, 0.3) is 0 Å². The van der Waals surface area contributed by atoms with Gasteiger partial charge < -0.3 is 20.7 Å². The summed E-state index contributed by atoms with van der Waals surface area (Å²) in [5.74, 6) is 1.38. The van der Waals surface area contributed by atoms with Gasteiger partial charge in [-0.2, -0.15) is 0 Å². The average Bonchev–Trinajstić information content (AvgIpc) is 2.88. The third-order valence-corrected chi connectivity index (χ3v) is 2.40. The number of hydrogen-bond donors (Lipinski definition) is 4. The van der Waals surface area contributed by atoms with Crippen molar-refractivity contribution in [2.24, 2.45) is 0 Å². The van der Waals surface area contributed by atoms with Crippen molar-refractivity contribution in [3.8, 4) is 0 Å². The predicted octanol–water partition coefficient (Wildman–Crippen LogP) is 1.82. The molecule has 0 amide bonds. The summed E-state index contributed by atoms with van der Waals surface area (Å²) in [5.41, 5.74) is 0. The molecule has 19 heavy (non-hydrogen) atoms. The second kappa shape index (κ2) is 6.39. The summed E-state index contributed by atoms with van der Waals surface area (Å²) < 4.78 is 0. The van der Waals surface area contributed by atoms with Gasteiger partial charge in [0.15, 0.2) is 0 Å². The Labute approximate surface area is 110 Å². The summed E-state index contributed by atoms with van der Waals surface area (Å²) in [6, 6.07) is 5.54. The molecule has 0 fully saturated rings. The number of aliphatic carboxylic acids is 1. The monoisotopic (exact) mass is 261 g/mol. The Bertz CT molecular complexity index is 527. The van der Waals surface area contributed by atoms with Gasteiger partial charge in [-0.05, 0) is 18.6 Å². The standard InChI is InChI=1S/C12H15N5O2/c18-12(19)4-2-6-14-10-7-11(16-8-15-10)17-9-3-1-5-13-9/h1,3,5,7-8,13H,2,4,6H2,(H,18,19)(H2,14,15,16,17). The molecule has 2 rings (SSSR count). The highest BCUT2D eigenvalue weighted by molar-refractivity contribution is 5.66. The zero-order valence-electron chi connectivity index (χ0n) is 10.3. The number of hydrogen-bond acceptors (Lipinski definition) is 5. The van der Waals surface area contributed by atoms with Crippen LogP contribution in [0.5, 0.6) is 0 Å². The third kappa shape index (κ3) is 4.30. The fraction of sp³-hybridized carbons (Fsp3) is 0.250. The van der Waals surface area contributed by atoms with Gasteiger partial charge in [-0.25, -0.2) is 9.97 Å². The maximum Gasteiger partial charge on any atom is 0.303 e. The molecule has 0 bridgehead atoms. The van der Waals surface area contributed by atoms with Gasteiger partial charge in [0, 0.05) is 25.2 Å².